The third kappa shape index (κ3) is 1.98. The molecule has 0 amide bonds. The third-order valence-corrected chi connectivity index (χ3v) is 8.97. The largest absolute Gasteiger partial charge is 0.511 e. The number of rotatable bonds is 2. The van der Waals surface area contributed by atoms with E-state index >= 15 is 4.39 Å². The average Bonchev–Trinajstić information content (AvgIpc) is 2.85. The smallest absolute Gasteiger partial charge is 0.190 e. The number of Topliss-reactive ketones (excluding diaryl/α,β-unsaturated/α-hetero) is 1. The zero-order valence-electron chi connectivity index (χ0n) is 16.7. The molecule has 0 aliphatic heterocycles. The number of fused-ring (bicyclic) bond motifs is 5. The van der Waals surface area contributed by atoms with Crippen LogP contribution in [0.15, 0.2) is 23.5 Å². The van der Waals surface area contributed by atoms with Crippen LogP contribution in [-0.4, -0.2) is 44.8 Å². The maximum Gasteiger partial charge on any atom is 0.190 e. The Kier molecular flexibility index (Phi) is 4.07. The number of carbonyl (C=O) groups is 2. The van der Waals surface area contributed by atoms with E-state index in [2.05, 4.69) is 0 Å². The van der Waals surface area contributed by atoms with Crippen molar-refractivity contribution >= 4 is 11.6 Å². The average molecular weight is 392 g/mol. The van der Waals surface area contributed by atoms with Gasteiger partial charge in [0.05, 0.1) is 5.41 Å². The molecule has 154 valence electrons. The van der Waals surface area contributed by atoms with Crippen molar-refractivity contribution in [3.63, 3.8) is 0 Å². The van der Waals surface area contributed by atoms with Crippen LogP contribution in [-0.2, 0) is 9.59 Å². The predicted octanol–water partition coefficient (Wildman–Crippen LogP) is 2.81. The van der Waals surface area contributed by atoms with Gasteiger partial charge in [0, 0.05) is 11.5 Å². The fourth-order valence-electron chi connectivity index (χ4n) is 7.27. The van der Waals surface area contributed by atoms with Gasteiger partial charge >= 0.3 is 0 Å². The molecule has 4 aliphatic rings. The number of hydrogen-bond donors (Lipinski definition) is 3. The van der Waals surface area contributed by atoms with E-state index in [9.17, 15) is 24.9 Å². The Labute approximate surface area is 164 Å². The molecule has 3 saturated carbocycles. The van der Waals surface area contributed by atoms with Crippen LogP contribution >= 0.6 is 0 Å². The third-order valence-electron chi connectivity index (χ3n) is 8.97. The molecule has 3 fully saturated rings. The number of alkyl halides is 1. The lowest BCUT2D eigenvalue weighted by atomic mass is 9.45. The van der Waals surface area contributed by atoms with Crippen molar-refractivity contribution in [3.05, 3.63) is 23.5 Å². The summed E-state index contributed by atoms with van der Waals surface area (Å²) < 4.78 is 16.8. The number of halogens is 1. The van der Waals surface area contributed by atoms with Crippen molar-refractivity contribution in [2.75, 3.05) is 6.61 Å². The standard InChI is InChI=1S/C22H29FO5/c1-12-8-16-15-5-4-13-9-14(25)10-17(26)20(13,3)21(15,23)7-6-19(16,2)22(12,28)18(27)11-24/h9-10,12,15-16,24,26,28H,4-8,11H2,1-3H3/t12?,15-,16-,19-,20+,21?,22-/m0/s1. The summed E-state index contributed by atoms with van der Waals surface area (Å²) in [4.78, 5) is 24.4. The van der Waals surface area contributed by atoms with Crippen LogP contribution in [0.25, 0.3) is 0 Å². The van der Waals surface area contributed by atoms with E-state index in [1.54, 1.807) is 13.8 Å². The van der Waals surface area contributed by atoms with Gasteiger partial charge < -0.3 is 15.3 Å². The zero-order valence-corrected chi connectivity index (χ0v) is 16.7. The van der Waals surface area contributed by atoms with Crippen molar-refractivity contribution in [3.8, 4) is 0 Å². The number of ketones is 2. The minimum atomic E-state index is -1.75. The number of allylic oxidation sites excluding steroid dienone is 3. The quantitative estimate of drug-likeness (QED) is 0.672. The summed E-state index contributed by atoms with van der Waals surface area (Å²) in [7, 11) is 0. The molecule has 7 atom stereocenters. The predicted molar refractivity (Wildman–Crippen MR) is 100 cm³/mol. The van der Waals surface area contributed by atoms with Gasteiger partial charge in [0.25, 0.3) is 0 Å². The van der Waals surface area contributed by atoms with Gasteiger partial charge in [0.1, 0.15) is 23.6 Å². The van der Waals surface area contributed by atoms with E-state index in [-0.39, 0.29) is 36.2 Å². The van der Waals surface area contributed by atoms with Gasteiger partial charge in [0.15, 0.2) is 11.6 Å². The fraction of sp³-hybridized carbons (Fsp3) is 0.727. The van der Waals surface area contributed by atoms with E-state index in [1.807, 2.05) is 6.92 Å². The lowest BCUT2D eigenvalue weighted by Crippen LogP contribution is -2.64. The molecule has 0 saturated heterocycles. The van der Waals surface area contributed by atoms with E-state index in [0.717, 1.165) is 6.08 Å². The van der Waals surface area contributed by atoms with Crippen molar-refractivity contribution in [1.29, 1.82) is 0 Å². The monoisotopic (exact) mass is 392 g/mol. The molecule has 0 radical (unpaired) electrons. The normalized spacial score (nSPS) is 50.2. The highest BCUT2D eigenvalue weighted by Crippen LogP contribution is 2.71. The van der Waals surface area contributed by atoms with E-state index in [0.29, 0.717) is 24.8 Å². The molecule has 3 N–H and O–H groups in total. The Hall–Kier alpha value is -1.53. The Morgan fingerprint density at radius 2 is 1.93 bits per heavy atom. The first-order valence-electron chi connectivity index (χ1n) is 10.2. The minimum Gasteiger partial charge on any atom is -0.511 e. The van der Waals surface area contributed by atoms with E-state index in [4.69, 9.17) is 0 Å². The van der Waals surface area contributed by atoms with Gasteiger partial charge in [-0.25, -0.2) is 4.39 Å². The Balaban J connectivity index is 1.81. The second kappa shape index (κ2) is 5.76. The molecule has 6 heteroatoms. The topological polar surface area (TPSA) is 94.8 Å². The molecule has 4 rings (SSSR count). The highest BCUT2D eigenvalue weighted by molar-refractivity contribution is 6.01. The molecule has 0 heterocycles. The van der Waals surface area contributed by atoms with Gasteiger partial charge in [-0.05, 0) is 68.4 Å². The molecule has 0 aromatic carbocycles. The van der Waals surface area contributed by atoms with Crippen molar-refractivity contribution in [2.24, 2.45) is 28.6 Å². The Morgan fingerprint density at radius 3 is 2.57 bits per heavy atom. The van der Waals surface area contributed by atoms with Gasteiger partial charge in [0.2, 0.25) is 0 Å². The van der Waals surface area contributed by atoms with Crippen LogP contribution in [0.1, 0.15) is 52.9 Å². The van der Waals surface area contributed by atoms with Crippen LogP contribution in [0.5, 0.6) is 0 Å². The lowest BCUT2D eigenvalue weighted by molar-refractivity contribution is -0.186. The summed E-state index contributed by atoms with van der Waals surface area (Å²) in [6.07, 6.45) is 4.43. The molecule has 4 aliphatic carbocycles. The molecular formula is C22H29FO5. The second-order valence-corrected chi connectivity index (χ2v) is 9.74. The van der Waals surface area contributed by atoms with Crippen LogP contribution in [0.2, 0.25) is 0 Å². The summed E-state index contributed by atoms with van der Waals surface area (Å²) >= 11 is 0. The SMILES string of the molecule is CC1C[C@H]2[C@@H]3CCC4=CC(=O)C=C(O)[C@]4(C)C3(F)CC[C@]2(C)[C@@]1(O)C(=O)CO. The van der Waals surface area contributed by atoms with Gasteiger partial charge in [-0.3, -0.25) is 9.59 Å². The molecule has 0 aromatic rings. The highest BCUT2D eigenvalue weighted by Gasteiger charge is 2.73. The minimum absolute atomic E-state index is 0.0817. The summed E-state index contributed by atoms with van der Waals surface area (Å²) in [6.45, 7) is 4.59. The van der Waals surface area contributed by atoms with E-state index in [1.165, 1.54) is 6.08 Å². The zero-order chi connectivity index (χ0) is 20.7. The summed E-state index contributed by atoms with van der Waals surface area (Å²) in [5.41, 5.74) is -4.88. The van der Waals surface area contributed by atoms with Crippen molar-refractivity contribution in [1.82, 2.24) is 0 Å². The van der Waals surface area contributed by atoms with Gasteiger partial charge in [-0.2, -0.15) is 0 Å². The highest BCUT2D eigenvalue weighted by atomic mass is 19.1. The number of aliphatic hydroxyl groups is 3. The maximum atomic E-state index is 16.8. The van der Waals surface area contributed by atoms with Crippen molar-refractivity contribution < 1.29 is 29.3 Å². The molecule has 0 aromatic heterocycles. The van der Waals surface area contributed by atoms with Crippen LogP contribution < -0.4 is 0 Å². The number of hydrogen-bond acceptors (Lipinski definition) is 5. The molecule has 0 spiro atoms. The summed E-state index contributed by atoms with van der Waals surface area (Å²) in [5, 5.41) is 31.5. The Bertz CT molecular complexity index is 818. The fourth-order valence-corrected chi connectivity index (χ4v) is 7.27. The second-order valence-electron chi connectivity index (χ2n) is 9.74. The Morgan fingerprint density at radius 1 is 1.25 bits per heavy atom. The van der Waals surface area contributed by atoms with Crippen LogP contribution in [0, 0.1) is 28.6 Å². The van der Waals surface area contributed by atoms with E-state index < -0.39 is 40.4 Å². The van der Waals surface area contributed by atoms with Crippen molar-refractivity contribution in [2.45, 2.75) is 64.1 Å². The van der Waals surface area contributed by atoms with Crippen LogP contribution in [0.3, 0.4) is 0 Å². The van der Waals surface area contributed by atoms with Crippen LogP contribution in [0.4, 0.5) is 4.39 Å². The first kappa shape index (κ1) is 19.8. The first-order valence-corrected chi connectivity index (χ1v) is 10.2. The number of carbonyl (C=O) groups excluding carboxylic acids is 2. The number of aliphatic hydroxyl groups excluding tert-OH is 2. The summed E-state index contributed by atoms with van der Waals surface area (Å²) in [6, 6.07) is 0. The molecule has 0 bridgehead atoms. The summed E-state index contributed by atoms with van der Waals surface area (Å²) in [5.74, 6) is -2.20. The molecular weight excluding hydrogens is 363 g/mol. The van der Waals surface area contributed by atoms with Gasteiger partial charge in [-0.15, -0.1) is 0 Å². The molecule has 28 heavy (non-hydrogen) atoms. The van der Waals surface area contributed by atoms with Gasteiger partial charge in [-0.1, -0.05) is 13.8 Å². The lowest BCUT2D eigenvalue weighted by Gasteiger charge is -2.61. The molecule has 5 nitrogen and oxygen atoms in total. The molecule has 2 unspecified atom stereocenters. The maximum absolute atomic E-state index is 16.8. The first-order chi connectivity index (χ1) is 13.0.